The highest BCUT2D eigenvalue weighted by Gasteiger charge is 2.22. The van der Waals surface area contributed by atoms with E-state index in [0.717, 1.165) is 16.9 Å². The zero-order valence-electron chi connectivity index (χ0n) is 17.8. The first-order chi connectivity index (χ1) is 15.5. The molecule has 0 spiro atoms. The number of para-hydroxylation sites is 2. The number of hydrogen-bond donors (Lipinski definition) is 0. The number of benzene rings is 2. The third-order valence-electron chi connectivity index (χ3n) is 5.21. The van der Waals surface area contributed by atoms with Gasteiger partial charge in [0.05, 0.1) is 29.4 Å². The Morgan fingerprint density at radius 3 is 2.62 bits per heavy atom. The van der Waals surface area contributed by atoms with Gasteiger partial charge in [0.1, 0.15) is 11.2 Å². The van der Waals surface area contributed by atoms with Gasteiger partial charge in [-0.2, -0.15) is 0 Å². The molecule has 0 amide bonds. The van der Waals surface area contributed by atoms with Gasteiger partial charge in [0, 0.05) is 12.6 Å². The molecule has 3 aromatic heterocycles. The largest absolute Gasteiger partial charge is 0.462 e. The van der Waals surface area contributed by atoms with Crippen LogP contribution in [0.1, 0.15) is 30.0 Å². The Kier molecular flexibility index (Phi) is 4.62. The lowest BCUT2D eigenvalue weighted by Crippen LogP contribution is -2.06. The number of aromatic nitrogens is 4. The lowest BCUT2D eigenvalue weighted by atomic mass is 10.2. The Morgan fingerprint density at radius 2 is 1.84 bits per heavy atom. The fourth-order valence-corrected chi connectivity index (χ4v) is 3.94. The maximum Gasteiger partial charge on any atom is 0.338 e. The molecule has 8 nitrogen and oxygen atoms in total. The van der Waals surface area contributed by atoms with Crippen LogP contribution in [0.15, 0.2) is 54.7 Å². The van der Waals surface area contributed by atoms with Crippen LogP contribution < -0.4 is 4.74 Å². The van der Waals surface area contributed by atoms with Crippen molar-refractivity contribution in [1.29, 1.82) is 0 Å². The van der Waals surface area contributed by atoms with Crippen LogP contribution in [-0.4, -0.2) is 37.5 Å². The number of fused-ring (bicyclic) bond motifs is 5. The summed E-state index contributed by atoms with van der Waals surface area (Å²) in [4.78, 5) is 33.7. The topological polar surface area (TPSA) is 87.7 Å². The SMILES string of the molecule is CCOC(=O)c1cccc(-n2cc(OC(C)=O)c3c2nc(C)n2c4ccccc4nc32)c1. The molecule has 160 valence electrons. The highest BCUT2D eigenvalue weighted by atomic mass is 16.5. The van der Waals surface area contributed by atoms with Crippen LogP contribution in [0.5, 0.6) is 5.75 Å². The molecule has 32 heavy (non-hydrogen) atoms. The molecular weight excluding hydrogens is 408 g/mol. The second-order valence-electron chi connectivity index (χ2n) is 7.34. The zero-order valence-corrected chi connectivity index (χ0v) is 17.8. The number of carbonyl (C=O) groups excluding carboxylic acids is 2. The molecule has 5 rings (SSSR count). The van der Waals surface area contributed by atoms with Gasteiger partial charge in [-0.15, -0.1) is 0 Å². The summed E-state index contributed by atoms with van der Waals surface area (Å²) < 4.78 is 14.4. The highest BCUT2D eigenvalue weighted by Crippen LogP contribution is 2.35. The fraction of sp³-hybridized carbons (Fsp3) is 0.167. The molecule has 0 radical (unpaired) electrons. The van der Waals surface area contributed by atoms with Gasteiger partial charge < -0.3 is 9.47 Å². The van der Waals surface area contributed by atoms with Crippen LogP contribution in [0, 0.1) is 6.92 Å². The first-order valence-corrected chi connectivity index (χ1v) is 10.2. The minimum Gasteiger partial charge on any atom is -0.462 e. The molecule has 2 aromatic carbocycles. The number of nitrogens with zero attached hydrogens (tertiary/aromatic N) is 4. The normalized spacial score (nSPS) is 11.3. The van der Waals surface area contributed by atoms with E-state index in [1.54, 1.807) is 35.9 Å². The van der Waals surface area contributed by atoms with E-state index in [-0.39, 0.29) is 6.61 Å². The number of rotatable bonds is 4. The van der Waals surface area contributed by atoms with Crippen LogP contribution in [-0.2, 0) is 9.53 Å². The number of hydrogen-bond acceptors (Lipinski definition) is 6. The number of esters is 2. The second kappa shape index (κ2) is 7.49. The molecule has 3 heterocycles. The second-order valence-corrected chi connectivity index (χ2v) is 7.34. The minimum atomic E-state index is -0.445. The van der Waals surface area contributed by atoms with Crippen molar-refractivity contribution in [2.24, 2.45) is 0 Å². The molecule has 0 bridgehead atoms. The molecule has 0 atom stereocenters. The van der Waals surface area contributed by atoms with Crippen LogP contribution >= 0.6 is 0 Å². The summed E-state index contributed by atoms with van der Waals surface area (Å²) >= 11 is 0. The van der Waals surface area contributed by atoms with E-state index >= 15 is 0 Å². The number of aryl methyl sites for hydroxylation is 1. The summed E-state index contributed by atoms with van der Waals surface area (Å²) in [6.45, 7) is 5.31. The van der Waals surface area contributed by atoms with Crippen molar-refractivity contribution >= 4 is 39.7 Å². The monoisotopic (exact) mass is 428 g/mol. The van der Waals surface area contributed by atoms with Crippen LogP contribution in [0.2, 0.25) is 0 Å². The van der Waals surface area contributed by atoms with Gasteiger partial charge in [-0.1, -0.05) is 18.2 Å². The van der Waals surface area contributed by atoms with Gasteiger partial charge >= 0.3 is 11.9 Å². The molecule has 5 aromatic rings. The quantitative estimate of drug-likeness (QED) is 0.398. The fourth-order valence-electron chi connectivity index (χ4n) is 3.94. The van der Waals surface area contributed by atoms with E-state index < -0.39 is 11.9 Å². The summed E-state index contributed by atoms with van der Waals surface area (Å²) in [6.07, 6.45) is 1.70. The Labute approximate surface area is 183 Å². The third-order valence-corrected chi connectivity index (χ3v) is 5.21. The van der Waals surface area contributed by atoms with Crippen molar-refractivity contribution in [3.63, 3.8) is 0 Å². The minimum absolute atomic E-state index is 0.290. The molecule has 0 saturated heterocycles. The molecule has 0 fully saturated rings. The molecule has 0 N–H and O–H groups in total. The van der Waals surface area contributed by atoms with Crippen LogP contribution in [0.25, 0.3) is 33.4 Å². The van der Waals surface area contributed by atoms with Crippen LogP contribution in [0.3, 0.4) is 0 Å². The predicted molar refractivity (Wildman–Crippen MR) is 119 cm³/mol. The first kappa shape index (κ1) is 19.7. The maximum absolute atomic E-state index is 12.2. The van der Waals surface area contributed by atoms with Crippen molar-refractivity contribution < 1.29 is 19.1 Å². The summed E-state index contributed by atoms with van der Waals surface area (Å²) in [5.74, 6) is 0.231. The summed E-state index contributed by atoms with van der Waals surface area (Å²) in [5, 5.41) is 0.614. The smallest absolute Gasteiger partial charge is 0.338 e. The van der Waals surface area contributed by atoms with Gasteiger partial charge in [0.25, 0.3) is 0 Å². The average Bonchev–Trinajstić information content (AvgIpc) is 3.32. The predicted octanol–water partition coefficient (Wildman–Crippen LogP) is 4.24. The van der Waals surface area contributed by atoms with E-state index in [9.17, 15) is 9.59 Å². The third kappa shape index (κ3) is 3.08. The lowest BCUT2D eigenvalue weighted by Gasteiger charge is -2.08. The van der Waals surface area contributed by atoms with Gasteiger partial charge in [-0.05, 0) is 44.2 Å². The average molecular weight is 428 g/mol. The molecule has 0 unspecified atom stereocenters. The Morgan fingerprint density at radius 1 is 1.03 bits per heavy atom. The Hall–Kier alpha value is -4.20. The van der Waals surface area contributed by atoms with E-state index in [1.165, 1.54) is 6.92 Å². The number of ether oxygens (including phenoxy) is 2. The lowest BCUT2D eigenvalue weighted by molar-refractivity contribution is -0.131. The molecule has 0 aliphatic heterocycles. The summed E-state index contributed by atoms with van der Waals surface area (Å²) in [7, 11) is 0. The van der Waals surface area contributed by atoms with Gasteiger partial charge in [0.15, 0.2) is 17.0 Å². The molecule has 0 saturated carbocycles. The van der Waals surface area contributed by atoms with Crippen LogP contribution in [0.4, 0.5) is 0 Å². The van der Waals surface area contributed by atoms with Crippen molar-refractivity contribution in [2.45, 2.75) is 20.8 Å². The molecular formula is C24H20N4O4. The standard InChI is InChI=1S/C24H20N4O4/c1-4-31-24(30)16-8-7-9-17(12-16)27-13-20(32-15(3)29)21-22(27)25-14(2)28-19-11-6-5-10-18(19)26-23(21)28/h5-13H,4H2,1-3H3. The summed E-state index contributed by atoms with van der Waals surface area (Å²) in [6, 6.07) is 14.8. The molecule has 8 heteroatoms. The van der Waals surface area contributed by atoms with Crippen molar-refractivity contribution in [2.75, 3.05) is 6.61 Å². The van der Waals surface area contributed by atoms with Gasteiger partial charge in [-0.3, -0.25) is 13.8 Å². The van der Waals surface area contributed by atoms with Crippen molar-refractivity contribution in [3.8, 4) is 11.4 Å². The van der Waals surface area contributed by atoms with Gasteiger partial charge in [-0.25, -0.2) is 14.8 Å². The molecule has 0 aliphatic carbocycles. The zero-order chi connectivity index (χ0) is 22.4. The van der Waals surface area contributed by atoms with E-state index in [1.807, 2.05) is 41.7 Å². The first-order valence-electron chi connectivity index (χ1n) is 10.2. The van der Waals surface area contributed by atoms with Gasteiger partial charge in [0.2, 0.25) is 0 Å². The van der Waals surface area contributed by atoms with E-state index in [2.05, 4.69) is 0 Å². The summed E-state index contributed by atoms with van der Waals surface area (Å²) in [5.41, 5.74) is 4.06. The van der Waals surface area contributed by atoms with Crippen molar-refractivity contribution in [1.82, 2.24) is 18.9 Å². The Balaban J connectivity index is 1.82. The maximum atomic E-state index is 12.2. The number of carbonyl (C=O) groups is 2. The number of imidazole rings is 1. The van der Waals surface area contributed by atoms with E-state index in [0.29, 0.717) is 33.7 Å². The molecule has 0 aliphatic rings. The Bertz CT molecular complexity index is 1530. The highest BCUT2D eigenvalue weighted by molar-refractivity contribution is 6.01. The van der Waals surface area contributed by atoms with Crippen molar-refractivity contribution in [3.05, 3.63) is 66.1 Å². The van der Waals surface area contributed by atoms with E-state index in [4.69, 9.17) is 19.4 Å².